The third-order valence-corrected chi connectivity index (χ3v) is 3.87. The van der Waals surface area contributed by atoms with Crippen LogP contribution in [0, 0.1) is 6.92 Å². The number of pyridine rings is 1. The van der Waals surface area contributed by atoms with Crippen LogP contribution in [0.15, 0.2) is 29.8 Å². The van der Waals surface area contributed by atoms with Crippen molar-refractivity contribution in [3.8, 4) is 0 Å². The van der Waals surface area contributed by atoms with E-state index in [1.54, 1.807) is 11.3 Å². The molecule has 2 N–H and O–H groups in total. The van der Waals surface area contributed by atoms with Crippen LogP contribution in [0.5, 0.6) is 0 Å². The van der Waals surface area contributed by atoms with Gasteiger partial charge in [0, 0.05) is 29.2 Å². The molecule has 2 aromatic heterocycles. The first kappa shape index (κ1) is 11.6. The van der Waals surface area contributed by atoms with E-state index in [2.05, 4.69) is 4.98 Å². The van der Waals surface area contributed by atoms with Crippen LogP contribution in [0.4, 0.5) is 0 Å². The van der Waals surface area contributed by atoms with Gasteiger partial charge in [-0.2, -0.15) is 0 Å². The molecule has 0 aliphatic rings. The van der Waals surface area contributed by atoms with E-state index in [9.17, 15) is 0 Å². The summed E-state index contributed by atoms with van der Waals surface area (Å²) in [5, 5.41) is 2.71. The molecule has 0 aliphatic heterocycles. The van der Waals surface area contributed by atoms with E-state index in [0.29, 0.717) is 0 Å². The minimum Gasteiger partial charge on any atom is -0.323 e. The van der Waals surface area contributed by atoms with Crippen molar-refractivity contribution in [1.29, 1.82) is 0 Å². The molecule has 0 bridgehead atoms. The van der Waals surface area contributed by atoms with Crippen molar-refractivity contribution >= 4 is 22.9 Å². The standard InChI is InChI=1S/C12H13ClN2S/c1-8-2-3-9(15-7-8)6-11(14)12-10(13)4-5-16-12/h2-5,7,11H,6,14H2,1H3. The van der Waals surface area contributed by atoms with E-state index in [4.69, 9.17) is 17.3 Å². The van der Waals surface area contributed by atoms with Crippen LogP contribution in [0.3, 0.4) is 0 Å². The number of thiophene rings is 1. The summed E-state index contributed by atoms with van der Waals surface area (Å²) in [5.41, 5.74) is 8.26. The maximum atomic E-state index is 6.10. The Labute approximate surface area is 104 Å². The maximum Gasteiger partial charge on any atom is 0.0561 e. The molecule has 0 radical (unpaired) electrons. The molecule has 0 aromatic carbocycles. The van der Waals surface area contributed by atoms with E-state index >= 15 is 0 Å². The van der Waals surface area contributed by atoms with Gasteiger partial charge < -0.3 is 5.73 Å². The number of aromatic nitrogens is 1. The van der Waals surface area contributed by atoms with Crippen molar-refractivity contribution < 1.29 is 0 Å². The average Bonchev–Trinajstić information content (AvgIpc) is 2.68. The summed E-state index contributed by atoms with van der Waals surface area (Å²) in [7, 11) is 0. The summed E-state index contributed by atoms with van der Waals surface area (Å²) < 4.78 is 0. The Balaban J connectivity index is 2.10. The molecule has 2 aromatic rings. The zero-order chi connectivity index (χ0) is 11.5. The van der Waals surface area contributed by atoms with E-state index in [1.165, 1.54) is 0 Å². The molecule has 0 fully saturated rings. The lowest BCUT2D eigenvalue weighted by molar-refractivity contribution is 0.719. The molecule has 16 heavy (non-hydrogen) atoms. The van der Waals surface area contributed by atoms with Crippen molar-refractivity contribution in [2.75, 3.05) is 0 Å². The summed E-state index contributed by atoms with van der Waals surface area (Å²) in [5.74, 6) is 0. The fourth-order valence-corrected chi connectivity index (χ4v) is 2.71. The van der Waals surface area contributed by atoms with Crippen LogP contribution in [-0.4, -0.2) is 4.98 Å². The lowest BCUT2D eigenvalue weighted by Gasteiger charge is -2.09. The van der Waals surface area contributed by atoms with Crippen molar-refractivity contribution in [3.05, 3.63) is 50.9 Å². The average molecular weight is 253 g/mol. The minimum absolute atomic E-state index is 0.0669. The molecule has 4 heteroatoms. The van der Waals surface area contributed by atoms with Crippen LogP contribution >= 0.6 is 22.9 Å². The number of halogens is 1. The number of nitrogens with two attached hydrogens (primary N) is 1. The van der Waals surface area contributed by atoms with Crippen LogP contribution < -0.4 is 5.73 Å². The molecule has 0 aliphatic carbocycles. The first-order chi connectivity index (χ1) is 7.66. The molecule has 0 amide bonds. The fourth-order valence-electron chi connectivity index (χ4n) is 1.51. The predicted molar refractivity (Wildman–Crippen MR) is 68.9 cm³/mol. The van der Waals surface area contributed by atoms with Gasteiger partial charge in [0.1, 0.15) is 0 Å². The van der Waals surface area contributed by atoms with Crippen LogP contribution in [0.1, 0.15) is 22.2 Å². The van der Waals surface area contributed by atoms with Gasteiger partial charge in [0.25, 0.3) is 0 Å². The van der Waals surface area contributed by atoms with E-state index in [-0.39, 0.29) is 6.04 Å². The number of aryl methyl sites for hydroxylation is 1. The Hall–Kier alpha value is -0.900. The lowest BCUT2D eigenvalue weighted by atomic mass is 10.1. The van der Waals surface area contributed by atoms with Crippen molar-refractivity contribution in [2.24, 2.45) is 5.73 Å². The Bertz CT molecular complexity index is 464. The van der Waals surface area contributed by atoms with E-state index in [1.807, 2.05) is 36.7 Å². The highest BCUT2D eigenvalue weighted by Crippen LogP contribution is 2.28. The van der Waals surface area contributed by atoms with Gasteiger partial charge in [-0.15, -0.1) is 11.3 Å². The van der Waals surface area contributed by atoms with Crippen LogP contribution in [0.25, 0.3) is 0 Å². The number of hydrogen-bond donors (Lipinski definition) is 1. The van der Waals surface area contributed by atoms with Gasteiger partial charge in [0.15, 0.2) is 0 Å². The highest BCUT2D eigenvalue weighted by Gasteiger charge is 2.12. The van der Waals surface area contributed by atoms with Gasteiger partial charge in [-0.1, -0.05) is 17.7 Å². The molecule has 2 rings (SSSR count). The molecule has 1 unspecified atom stereocenters. The quantitative estimate of drug-likeness (QED) is 0.910. The smallest absolute Gasteiger partial charge is 0.0561 e. The number of nitrogens with zero attached hydrogens (tertiary/aromatic N) is 1. The van der Waals surface area contributed by atoms with Crippen molar-refractivity contribution in [2.45, 2.75) is 19.4 Å². The summed E-state index contributed by atoms with van der Waals surface area (Å²) >= 11 is 7.63. The third-order valence-electron chi connectivity index (χ3n) is 2.38. The van der Waals surface area contributed by atoms with Gasteiger partial charge in [-0.05, 0) is 30.0 Å². The van der Waals surface area contributed by atoms with Gasteiger partial charge in [0.2, 0.25) is 0 Å². The van der Waals surface area contributed by atoms with Gasteiger partial charge in [0.05, 0.1) is 5.02 Å². The van der Waals surface area contributed by atoms with Gasteiger partial charge >= 0.3 is 0 Å². The molecule has 0 spiro atoms. The predicted octanol–water partition coefficient (Wildman–Crippen LogP) is 3.35. The Morgan fingerprint density at radius 3 is 2.81 bits per heavy atom. The van der Waals surface area contributed by atoms with Crippen LogP contribution in [-0.2, 0) is 6.42 Å². The molecule has 0 saturated carbocycles. The highest BCUT2D eigenvalue weighted by molar-refractivity contribution is 7.10. The van der Waals surface area contributed by atoms with Crippen LogP contribution in [0.2, 0.25) is 5.02 Å². The lowest BCUT2D eigenvalue weighted by Crippen LogP contribution is -2.13. The minimum atomic E-state index is -0.0669. The second-order valence-corrected chi connectivity index (χ2v) is 5.13. The molecular weight excluding hydrogens is 240 g/mol. The van der Waals surface area contributed by atoms with Crippen molar-refractivity contribution in [1.82, 2.24) is 4.98 Å². The SMILES string of the molecule is Cc1ccc(CC(N)c2sccc2Cl)nc1. The van der Waals surface area contributed by atoms with E-state index in [0.717, 1.165) is 27.6 Å². The topological polar surface area (TPSA) is 38.9 Å². The molecule has 2 heterocycles. The van der Waals surface area contributed by atoms with E-state index < -0.39 is 0 Å². The monoisotopic (exact) mass is 252 g/mol. The summed E-state index contributed by atoms with van der Waals surface area (Å²) in [6.45, 7) is 2.02. The summed E-state index contributed by atoms with van der Waals surface area (Å²) in [4.78, 5) is 5.37. The Morgan fingerprint density at radius 1 is 1.44 bits per heavy atom. The first-order valence-corrected chi connectivity index (χ1v) is 6.32. The number of hydrogen-bond acceptors (Lipinski definition) is 3. The largest absolute Gasteiger partial charge is 0.323 e. The van der Waals surface area contributed by atoms with Gasteiger partial charge in [-0.3, -0.25) is 4.98 Å². The Kier molecular flexibility index (Phi) is 3.59. The molecule has 84 valence electrons. The zero-order valence-electron chi connectivity index (χ0n) is 8.98. The summed E-state index contributed by atoms with van der Waals surface area (Å²) in [6.07, 6.45) is 2.58. The highest BCUT2D eigenvalue weighted by atomic mass is 35.5. The second kappa shape index (κ2) is 4.95. The fraction of sp³-hybridized carbons (Fsp3) is 0.250. The summed E-state index contributed by atoms with van der Waals surface area (Å²) in [6, 6.07) is 5.87. The molecule has 2 nitrogen and oxygen atoms in total. The first-order valence-electron chi connectivity index (χ1n) is 5.07. The molecule has 0 saturated heterocycles. The Morgan fingerprint density at radius 2 is 2.25 bits per heavy atom. The van der Waals surface area contributed by atoms with Gasteiger partial charge in [-0.25, -0.2) is 0 Å². The maximum absolute atomic E-state index is 6.10. The van der Waals surface area contributed by atoms with Crippen molar-refractivity contribution in [3.63, 3.8) is 0 Å². The third kappa shape index (κ3) is 2.61. The number of rotatable bonds is 3. The molecular formula is C12H13ClN2S. The second-order valence-electron chi connectivity index (χ2n) is 3.77. The zero-order valence-corrected chi connectivity index (χ0v) is 10.6. The molecule has 1 atom stereocenters. The normalized spacial score (nSPS) is 12.7.